The van der Waals surface area contributed by atoms with Crippen LogP contribution in [0.25, 0.3) is 10.6 Å². The van der Waals surface area contributed by atoms with Crippen LogP contribution >= 0.6 is 18.6 Å². The van der Waals surface area contributed by atoms with Crippen molar-refractivity contribution in [3.63, 3.8) is 0 Å². The minimum absolute atomic E-state index is 0.109. The van der Waals surface area contributed by atoms with Crippen molar-refractivity contribution in [1.82, 2.24) is 0 Å². The Kier molecular flexibility index (Phi) is 10.2. The Labute approximate surface area is 154 Å². The molecule has 0 N–H and O–H groups in total. The summed E-state index contributed by atoms with van der Waals surface area (Å²) in [6, 6.07) is 6.95. The molecule has 2 aromatic rings. The first-order valence-electron chi connectivity index (χ1n) is 6.70. The summed E-state index contributed by atoms with van der Waals surface area (Å²) in [4.78, 5) is 0. The second-order valence-electron chi connectivity index (χ2n) is 4.33. The van der Waals surface area contributed by atoms with E-state index in [1.807, 2.05) is 0 Å². The first-order valence-corrected chi connectivity index (χ1v) is 11.0. The monoisotopic (exact) mass is 414 g/mol. The average Bonchev–Trinajstić information content (AvgIpc) is 2.53. The second-order valence-corrected chi connectivity index (χ2v) is 6.91. The molecule has 0 spiro atoms. The molecule has 0 atom stereocenters. The van der Waals surface area contributed by atoms with E-state index in [1.165, 1.54) is 12.1 Å². The van der Waals surface area contributed by atoms with E-state index >= 15 is 0 Å². The predicted octanol–water partition coefficient (Wildman–Crippen LogP) is 6.72. The van der Waals surface area contributed by atoms with Crippen LogP contribution in [-0.2, 0) is 17.0 Å². The Balaban J connectivity index is 0.000000891. The van der Waals surface area contributed by atoms with Crippen LogP contribution in [0.5, 0.6) is 0 Å². The van der Waals surface area contributed by atoms with Gasteiger partial charge in [-0.2, -0.15) is 0 Å². The molecule has 2 nitrogen and oxygen atoms in total. The predicted molar refractivity (Wildman–Crippen MR) is 84.8 cm³/mol. The fourth-order valence-corrected chi connectivity index (χ4v) is 1.73. The molecule has 9 heteroatoms. The molecule has 0 saturated carbocycles. The first-order chi connectivity index (χ1) is 11.5. The summed E-state index contributed by atoms with van der Waals surface area (Å²) in [6.07, 6.45) is 0.321. The van der Waals surface area contributed by atoms with Crippen molar-refractivity contribution in [2.75, 3.05) is 13.1 Å². The van der Waals surface area contributed by atoms with Crippen molar-refractivity contribution < 1.29 is 34.6 Å². The molecule has 0 bridgehead atoms. The molecule has 0 aliphatic heterocycles. The van der Waals surface area contributed by atoms with E-state index in [0.29, 0.717) is 6.42 Å². The van der Waals surface area contributed by atoms with Gasteiger partial charge >= 0.3 is 35.6 Å². The zero-order valence-electron chi connectivity index (χ0n) is 12.2. The van der Waals surface area contributed by atoms with Crippen LogP contribution in [0.2, 0.25) is 0 Å². The van der Waals surface area contributed by atoms with Gasteiger partial charge < -0.3 is 10.6 Å². The van der Waals surface area contributed by atoms with Gasteiger partial charge in [-0.3, -0.25) is 0 Å². The minimum atomic E-state index is -0.743. The van der Waals surface area contributed by atoms with Crippen LogP contribution < -0.4 is 0 Å². The molecule has 0 aliphatic carbocycles. The Morgan fingerprint density at radius 3 is 1.29 bits per heavy atom. The van der Waals surface area contributed by atoms with Gasteiger partial charge in [0.15, 0.2) is 0 Å². The van der Waals surface area contributed by atoms with Crippen molar-refractivity contribution in [2.24, 2.45) is 0 Å². The van der Waals surface area contributed by atoms with Gasteiger partial charge in [-0.25, -0.2) is 17.6 Å². The Hall–Kier alpha value is -0.946. The van der Waals surface area contributed by atoms with Crippen molar-refractivity contribution in [3.8, 4) is 0 Å². The number of halogens is 6. The molecule has 0 aromatic heterocycles. The zero-order chi connectivity index (χ0) is 17.9. The van der Waals surface area contributed by atoms with Crippen molar-refractivity contribution in [1.29, 1.82) is 0 Å². The summed E-state index contributed by atoms with van der Waals surface area (Å²) in [6.45, 7) is 0.217. The van der Waals surface area contributed by atoms with E-state index in [0.717, 1.165) is 24.3 Å². The second kappa shape index (κ2) is 11.6. The van der Waals surface area contributed by atoms with Crippen molar-refractivity contribution in [2.45, 2.75) is 6.42 Å². The topological polar surface area (TPSA) is 28.2 Å². The molecule has 0 amide bonds. The molecule has 0 saturated heterocycles. The van der Waals surface area contributed by atoms with Gasteiger partial charge in [0.25, 0.3) is 0 Å². The fraction of sp³-hybridized carbons (Fsp3) is 0.200. The normalized spacial score (nSPS) is 9.75. The Morgan fingerprint density at radius 1 is 0.708 bits per heavy atom. The maximum absolute atomic E-state index is 13.3. The van der Waals surface area contributed by atoms with Crippen LogP contribution in [0.1, 0.15) is 6.42 Å². The third kappa shape index (κ3) is 6.89. The summed E-state index contributed by atoms with van der Waals surface area (Å²) in [7, 11) is 9.78. The van der Waals surface area contributed by atoms with E-state index in [2.05, 4.69) is 10.6 Å². The molecule has 130 valence electrons. The van der Waals surface area contributed by atoms with Crippen LogP contribution in [0.4, 0.5) is 28.9 Å². The van der Waals surface area contributed by atoms with E-state index in [4.69, 9.17) is 18.6 Å². The molecule has 0 heterocycles. The zero-order valence-corrected chi connectivity index (χ0v) is 15.3. The molecular weight excluding hydrogens is 403 g/mol. The third-order valence-corrected chi connectivity index (χ3v) is 2.73. The standard InChI is InChI=1S/C15H12F4N2.2ClH.Ti/c16-10-4-1-5-11(17)14(10)20-8-3-9-21-15-12(18)6-2-7-13(15)19;;;/h1-2,4-7H,3,8-9H2;2*1H;/q-2;;;+2/p-2. The molecule has 0 unspecified atom stereocenters. The first kappa shape index (κ1) is 21.1. The van der Waals surface area contributed by atoms with Crippen molar-refractivity contribution in [3.05, 3.63) is 70.3 Å². The summed E-state index contributed by atoms with van der Waals surface area (Å²) in [5.74, 6) is -2.97. The number of hydrogen-bond acceptors (Lipinski definition) is 0. The SMILES string of the molecule is Fc1cccc(F)c1[N-]CCC[N-]c1c(F)cccc1F.[Cl][Ti][Cl]. The van der Waals surface area contributed by atoms with E-state index < -0.39 is 40.3 Å². The molecule has 24 heavy (non-hydrogen) atoms. The van der Waals surface area contributed by atoms with E-state index in [-0.39, 0.29) is 24.5 Å². The molecule has 0 radical (unpaired) electrons. The molecular formula is C15H12Cl2F4N2Ti-2. The molecule has 2 rings (SSSR count). The number of nitrogens with zero attached hydrogens (tertiary/aromatic N) is 2. The van der Waals surface area contributed by atoms with Gasteiger partial charge in [-0.15, -0.1) is 13.1 Å². The van der Waals surface area contributed by atoms with Crippen molar-refractivity contribution >= 4 is 30.0 Å². The van der Waals surface area contributed by atoms with E-state index in [1.54, 1.807) is 0 Å². The average molecular weight is 415 g/mol. The summed E-state index contributed by atoms with van der Waals surface area (Å²) < 4.78 is 53.1. The maximum atomic E-state index is 13.3. The van der Waals surface area contributed by atoms with Crippen LogP contribution in [0.3, 0.4) is 0 Å². The van der Waals surface area contributed by atoms with Gasteiger partial charge in [0.05, 0.1) is 0 Å². The van der Waals surface area contributed by atoms with E-state index in [9.17, 15) is 17.6 Å². The van der Waals surface area contributed by atoms with Crippen LogP contribution in [0.15, 0.2) is 36.4 Å². The summed E-state index contributed by atoms with van der Waals surface area (Å²) in [5, 5.41) is 7.57. The molecule has 0 aliphatic rings. The number of benzene rings is 2. The Morgan fingerprint density at radius 2 is 1.00 bits per heavy atom. The van der Waals surface area contributed by atoms with Gasteiger partial charge in [0, 0.05) is 0 Å². The molecule has 0 fully saturated rings. The van der Waals surface area contributed by atoms with Gasteiger partial charge in [0.2, 0.25) is 0 Å². The quantitative estimate of drug-likeness (QED) is 0.285. The number of hydrogen-bond donors (Lipinski definition) is 0. The third-order valence-electron chi connectivity index (χ3n) is 2.73. The van der Waals surface area contributed by atoms with Gasteiger partial charge in [-0.05, 0) is 24.3 Å². The fourth-order valence-electron chi connectivity index (χ4n) is 1.73. The van der Waals surface area contributed by atoms with Gasteiger partial charge in [0.1, 0.15) is 23.3 Å². The van der Waals surface area contributed by atoms with Crippen LogP contribution in [0, 0.1) is 23.3 Å². The van der Waals surface area contributed by atoms with Gasteiger partial charge in [-0.1, -0.05) is 29.9 Å². The molecule has 2 aromatic carbocycles. The summed E-state index contributed by atoms with van der Waals surface area (Å²) in [5.41, 5.74) is -0.677. The van der Waals surface area contributed by atoms with Crippen LogP contribution in [-0.4, -0.2) is 13.1 Å². The number of rotatable bonds is 6. The Bertz CT molecular complexity index is 553. The summed E-state index contributed by atoms with van der Waals surface area (Å²) >= 11 is -0.556. The number of para-hydroxylation sites is 2.